The van der Waals surface area contributed by atoms with Crippen molar-refractivity contribution in [2.45, 2.75) is 103 Å². The van der Waals surface area contributed by atoms with E-state index in [9.17, 15) is 20.4 Å². The minimum absolute atomic E-state index is 0.0870. The fourth-order valence-electron chi connectivity index (χ4n) is 9.02. The number of hydrogen-bond acceptors (Lipinski definition) is 4. The highest BCUT2D eigenvalue weighted by Crippen LogP contribution is 2.69. The Bertz CT molecular complexity index is 663. The van der Waals surface area contributed by atoms with Crippen LogP contribution < -0.4 is 0 Å². The first-order chi connectivity index (χ1) is 14.1. The first-order valence-corrected chi connectivity index (χ1v) is 12.4. The van der Waals surface area contributed by atoms with E-state index < -0.39 is 23.2 Å². The van der Waals surface area contributed by atoms with Gasteiger partial charge >= 0.3 is 0 Å². The summed E-state index contributed by atoms with van der Waals surface area (Å²) in [4.78, 5) is 0. The molecule has 30 heavy (non-hydrogen) atoms. The summed E-state index contributed by atoms with van der Waals surface area (Å²) in [6, 6.07) is 0. The van der Waals surface area contributed by atoms with Gasteiger partial charge in [-0.1, -0.05) is 19.4 Å². The number of fused-ring (bicyclic) bond motifs is 5. The Morgan fingerprint density at radius 3 is 2.50 bits per heavy atom. The van der Waals surface area contributed by atoms with Crippen molar-refractivity contribution in [3.63, 3.8) is 0 Å². The highest BCUT2D eigenvalue weighted by atomic mass is 16.4. The van der Waals surface area contributed by atoms with Crippen LogP contribution in [-0.4, -0.2) is 44.8 Å². The minimum atomic E-state index is -1.36. The minimum Gasteiger partial charge on any atom is -0.396 e. The Kier molecular flexibility index (Phi) is 5.97. The number of aliphatic hydroxyl groups is 4. The summed E-state index contributed by atoms with van der Waals surface area (Å²) in [7, 11) is 0. The van der Waals surface area contributed by atoms with Gasteiger partial charge in [0.25, 0.3) is 0 Å². The quantitative estimate of drug-likeness (QED) is 0.506. The maximum atomic E-state index is 11.6. The molecule has 0 unspecified atom stereocenters. The fraction of sp³-hybridized carbons (Fsp3) is 0.923. The molecule has 0 radical (unpaired) electrons. The van der Waals surface area contributed by atoms with Crippen LogP contribution in [0.5, 0.6) is 0 Å². The van der Waals surface area contributed by atoms with E-state index in [1.165, 1.54) is 24.8 Å². The Hall–Kier alpha value is -0.420. The van der Waals surface area contributed by atoms with Crippen molar-refractivity contribution < 1.29 is 20.4 Å². The van der Waals surface area contributed by atoms with Crippen molar-refractivity contribution in [2.24, 2.45) is 40.4 Å². The van der Waals surface area contributed by atoms with Gasteiger partial charge in [-0.25, -0.2) is 0 Å². The molecule has 172 valence electrons. The van der Waals surface area contributed by atoms with E-state index in [-0.39, 0.29) is 24.4 Å². The number of rotatable bonds is 5. The molecule has 0 amide bonds. The average Bonchev–Trinajstić information content (AvgIpc) is 3.04. The molecule has 0 heterocycles. The topological polar surface area (TPSA) is 80.9 Å². The van der Waals surface area contributed by atoms with Crippen LogP contribution in [0.3, 0.4) is 0 Å². The van der Waals surface area contributed by atoms with Crippen LogP contribution in [0.2, 0.25) is 0 Å². The van der Waals surface area contributed by atoms with Gasteiger partial charge in [-0.2, -0.15) is 0 Å². The van der Waals surface area contributed by atoms with Gasteiger partial charge in [0.05, 0.1) is 18.8 Å². The van der Waals surface area contributed by atoms with Gasteiger partial charge < -0.3 is 20.4 Å². The third kappa shape index (κ3) is 3.16. The lowest BCUT2D eigenvalue weighted by molar-refractivity contribution is -0.280. The summed E-state index contributed by atoms with van der Waals surface area (Å²) in [6.07, 6.45) is 7.53. The Labute approximate surface area is 182 Å². The van der Waals surface area contributed by atoms with Gasteiger partial charge in [-0.05, 0) is 99.7 Å². The predicted molar refractivity (Wildman–Crippen MR) is 119 cm³/mol. The Morgan fingerprint density at radius 2 is 1.83 bits per heavy atom. The van der Waals surface area contributed by atoms with Crippen LogP contribution in [0.15, 0.2) is 12.2 Å². The molecule has 0 aliphatic heterocycles. The normalized spacial score (nSPS) is 51.6. The molecule has 4 saturated carbocycles. The van der Waals surface area contributed by atoms with Gasteiger partial charge in [0.2, 0.25) is 0 Å². The summed E-state index contributed by atoms with van der Waals surface area (Å²) in [5.74, 6) is 2.54. The van der Waals surface area contributed by atoms with E-state index in [0.717, 1.165) is 19.3 Å². The fourth-order valence-corrected chi connectivity index (χ4v) is 9.02. The second-order valence-electron chi connectivity index (χ2n) is 12.0. The van der Waals surface area contributed by atoms with Crippen molar-refractivity contribution in [3.8, 4) is 0 Å². The van der Waals surface area contributed by atoms with E-state index >= 15 is 0 Å². The Balaban J connectivity index is 1.61. The van der Waals surface area contributed by atoms with Crippen molar-refractivity contribution in [2.75, 3.05) is 6.61 Å². The molecule has 10 atom stereocenters. The third-order valence-electron chi connectivity index (χ3n) is 10.6. The molecule has 4 aliphatic carbocycles. The molecule has 0 aromatic carbocycles. The summed E-state index contributed by atoms with van der Waals surface area (Å²) in [6.45, 7) is 11.0. The number of allylic oxidation sites excluding steroid dienone is 1. The molecule has 4 N–H and O–H groups in total. The average molecular weight is 421 g/mol. The zero-order valence-electron chi connectivity index (χ0n) is 19.3. The molecule has 4 fully saturated rings. The molecule has 0 aromatic rings. The molecule has 0 aromatic heterocycles. The predicted octanol–water partition coefficient (Wildman–Crippen LogP) is 4.06. The van der Waals surface area contributed by atoms with Gasteiger partial charge in [-0.15, -0.1) is 6.58 Å². The lowest BCUT2D eigenvalue weighted by atomic mass is 9.42. The second-order valence-corrected chi connectivity index (χ2v) is 12.0. The first-order valence-electron chi connectivity index (χ1n) is 12.4. The van der Waals surface area contributed by atoms with Crippen molar-refractivity contribution >= 4 is 0 Å². The highest BCUT2D eigenvalue weighted by Gasteiger charge is 2.69. The van der Waals surface area contributed by atoms with Gasteiger partial charge in [-0.3, -0.25) is 0 Å². The lowest BCUT2D eigenvalue weighted by Crippen LogP contribution is -2.70. The summed E-state index contributed by atoms with van der Waals surface area (Å²) >= 11 is 0. The Morgan fingerprint density at radius 1 is 1.10 bits per heavy atom. The van der Waals surface area contributed by atoms with E-state index in [1.54, 1.807) is 0 Å². The van der Waals surface area contributed by atoms with Crippen LogP contribution in [0.4, 0.5) is 0 Å². The largest absolute Gasteiger partial charge is 0.396 e. The van der Waals surface area contributed by atoms with Crippen LogP contribution in [0.25, 0.3) is 0 Å². The third-order valence-corrected chi connectivity index (χ3v) is 10.6. The zero-order valence-corrected chi connectivity index (χ0v) is 19.3. The van der Waals surface area contributed by atoms with E-state index in [0.29, 0.717) is 42.9 Å². The molecule has 4 rings (SSSR count). The van der Waals surface area contributed by atoms with Crippen LogP contribution in [0, 0.1) is 40.4 Å². The second kappa shape index (κ2) is 7.86. The van der Waals surface area contributed by atoms with Crippen molar-refractivity contribution in [1.82, 2.24) is 0 Å². The molecule has 4 aliphatic rings. The molecule has 4 nitrogen and oxygen atoms in total. The molecule has 0 bridgehead atoms. The standard InChI is InChI=1S/C26H44O4/c1-16(2)5-6-17(3)20-7-8-21-19-13-23(29)26(30)14-18(28)9-12-25(26,15-27)22(19)10-11-24(20,21)4/h17-23,27-30H,1,5-15H2,2-4H3/t17-,18-,19+,20-,21+,22+,23-,24-,25+,26+/m1/s1. The summed E-state index contributed by atoms with van der Waals surface area (Å²) < 4.78 is 0. The summed E-state index contributed by atoms with van der Waals surface area (Å²) in [5.41, 5.74) is -0.472. The highest BCUT2D eigenvalue weighted by molar-refractivity contribution is 5.18. The van der Waals surface area contributed by atoms with E-state index in [2.05, 4.69) is 27.4 Å². The summed E-state index contributed by atoms with van der Waals surface area (Å²) in [5, 5.41) is 43.6. The lowest BCUT2D eigenvalue weighted by Gasteiger charge is -2.65. The van der Waals surface area contributed by atoms with E-state index in [4.69, 9.17) is 0 Å². The smallest absolute Gasteiger partial charge is 0.101 e. The monoisotopic (exact) mass is 420 g/mol. The number of aliphatic hydroxyl groups excluding tert-OH is 3. The SMILES string of the molecule is C=C(C)CC[C@@H](C)[C@H]1CC[C@H]2[C@@H]3C[C@@H](O)[C@@]4(O)C[C@H](O)CC[C@]4(CO)[C@H]3CC[C@]12C. The maximum Gasteiger partial charge on any atom is 0.101 e. The van der Waals surface area contributed by atoms with Crippen molar-refractivity contribution in [1.29, 1.82) is 0 Å². The van der Waals surface area contributed by atoms with Gasteiger partial charge in [0, 0.05) is 11.8 Å². The number of hydrogen-bond donors (Lipinski definition) is 4. The molecular formula is C26H44O4. The molecule has 4 heteroatoms. The zero-order chi connectivity index (χ0) is 21.9. The maximum absolute atomic E-state index is 11.6. The van der Waals surface area contributed by atoms with Gasteiger partial charge in [0.1, 0.15) is 5.60 Å². The first kappa shape index (κ1) is 22.8. The van der Waals surface area contributed by atoms with Crippen LogP contribution in [-0.2, 0) is 0 Å². The molecular weight excluding hydrogens is 376 g/mol. The van der Waals surface area contributed by atoms with Gasteiger partial charge in [0.15, 0.2) is 0 Å². The molecule has 0 spiro atoms. The van der Waals surface area contributed by atoms with Crippen LogP contribution >= 0.6 is 0 Å². The van der Waals surface area contributed by atoms with Crippen LogP contribution in [0.1, 0.15) is 85.0 Å². The van der Waals surface area contributed by atoms with E-state index in [1.807, 2.05) is 0 Å². The molecule has 0 saturated heterocycles. The van der Waals surface area contributed by atoms with Crippen molar-refractivity contribution in [3.05, 3.63) is 12.2 Å².